The van der Waals surface area contributed by atoms with Gasteiger partial charge in [0.25, 0.3) is 0 Å². The van der Waals surface area contributed by atoms with Crippen LogP contribution in [0, 0.1) is 0 Å². The number of unbranched alkanes of at least 4 members (excludes halogenated alkanes) is 21. The van der Waals surface area contributed by atoms with E-state index in [0.717, 1.165) is 25.1 Å². The second kappa shape index (κ2) is 38.7. The molecule has 0 aromatic rings. The largest absolute Gasteiger partial charge is 0.309 e. The van der Waals surface area contributed by atoms with E-state index in [1.54, 1.807) is 0 Å². The van der Waals surface area contributed by atoms with Crippen LogP contribution in [-0.4, -0.2) is 41.5 Å². The Bertz CT molecular complexity index is 702. The van der Waals surface area contributed by atoms with Crippen LogP contribution in [0.4, 0.5) is 0 Å². The summed E-state index contributed by atoms with van der Waals surface area (Å²) in [6.07, 6.45) is 52.0. The summed E-state index contributed by atoms with van der Waals surface area (Å²) in [5.41, 5.74) is 0. The summed E-state index contributed by atoms with van der Waals surface area (Å²) in [6, 6.07) is 0.423. The van der Waals surface area contributed by atoms with Crippen molar-refractivity contribution in [3.05, 3.63) is 36.5 Å². The zero-order chi connectivity index (χ0) is 33.6. The number of nitrogens with zero attached hydrogens (tertiary/aromatic N) is 1. The van der Waals surface area contributed by atoms with E-state index in [1.807, 2.05) is 0 Å². The molecule has 272 valence electrons. The molecule has 0 fully saturated rings. The van der Waals surface area contributed by atoms with Crippen LogP contribution in [-0.2, 0) is 11.0 Å². The topological polar surface area (TPSA) is 32.3 Å². The summed E-state index contributed by atoms with van der Waals surface area (Å²) in [5.74, 6) is 0.771. The highest BCUT2D eigenvalue weighted by Gasteiger charge is 2.12. The molecule has 4 heteroatoms. The molecule has 0 spiro atoms. The number of allylic oxidation sites excluding steroid dienone is 6. The predicted molar refractivity (Wildman–Crippen MR) is 211 cm³/mol. The molecule has 46 heavy (non-hydrogen) atoms. The predicted octanol–water partition coefficient (Wildman–Crippen LogP) is 13.2. The highest BCUT2D eigenvalue weighted by atomic mass is 32.2. The summed E-state index contributed by atoms with van der Waals surface area (Å²) >= 11 is 0. The van der Waals surface area contributed by atoms with Gasteiger partial charge < -0.3 is 4.90 Å². The second-order valence-electron chi connectivity index (χ2n) is 14.1. The first kappa shape index (κ1) is 45.3. The molecule has 0 aliphatic carbocycles. The lowest BCUT2D eigenvalue weighted by molar-refractivity contribution is 0.408. The van der Waals surface area contributed by atoms with Gasteiger partial charge in [-0.2, -0.15) is 0 Å². The molecule has 0 heterocycles. The van der Waals surface area contributed by atoms with Crippen molar-refractivity contribution in [2.24, 2.45) is 0 Å². The maximum absolute atomic E-state index is 12.7. The third-order valence-corrected chi connectivity index (χ3v) is 10.3. The van der Waals surface area contributed by atoms with Crippen molar-refractivity contribution in [3.63, 3.8) is 0 Å². The minimum atomic E-state index is -0.895. The zero-order valence-electron chi connectivity index (χ0n) is 31.7. The molecule has 0 radical (unpaired) electrons. The van der Waals surface area contributed by atoms with Crippen molar-refractivity contribution in [1.82, 2.24) is 9.62 Å². The van der Waals surface area contributed by atoms with E-state index < -0.39 is 11.0 Å². The lowest BCUT2D eigenvalue weighted by Gasteiger charge is -2.19. The Morgan fingerprint density at radius 1 is 0.500 bits per heavy atom. The van der Waals surface area contributed by atoms with Gasteiger partial charge in [-0.1, -0.05) is 159 Å². The fraction of sp³-hybridized carbons (Fsp3) is 0.857. The summed E-state index contributed by atoms with van der Waals surface area (Å²) in [4.78, 5) is 2.19. The van der Waals surface area contributed by atoms with Crippen molar-refractivity contribution >= 4 is 11.0 Å². The second-order valence-corrected chi connectivity index (χ2v) is 15.5. The maximum atomic E-state index is 12.7. The molecule has 0 aromatic carbocycles. The maximum Gasteiger partial charge on any atom is 0.0918 e. The van der Waals surface area contributed by atoms with E-state index in [-0.39, 0.29) is 0 Å². The minimum Gasteiger partial charge on any atom is -0.309 e. The smallest absolute Gasteiger partial charge is 0.0918 e. The van der Waals surface area contributed by atoms with Gasteiger partial charge in [-0.3, -0.25) is 0 Å². The molecule has 2 atom stereocenters. The van der Waals surface area contributed by atoms with Crippen molar-refractivity contribution in [2.75, 3.05) is 26.4 Å². The van der Waals surface area contributed by atoms with Gasteiger partial charge in [0.2, 0.25) is 0 Å². The van der Waals surface area contributed by atoms with Gasteiger partial charge in [0.1, 0.15) is 0 Å². The molecule has 0 saturated carbocycles. The standard InChI is InChI=1S/C42H82N2OS/c1-5-7-9-11-13-15-17-19-21-23-25-27-29-31-33-35-38-42(43-46(45)41-37-40-44(3)4)39-36-34-32-30-28-26-24-22-20-18-16-14-12-10-8-6-2/h13-16,19,21,42-43H,5-12,17-18,20,22-41H2,1-4H3/b15-13-,16-14-,21-19-. The average molecular weight is 663 g/mol. The first-order chi connectivity index (χ1) is 22.6. The molecule has 1 N–H and O–H groups in total. The van der Waals surface area contributed by atoms with Gasteiger partial charge in [0.05, 0.1) is 11.0 Å². The Morgan fingerprint density at radius 3 is 1.28 bits per heavy atom. The molecule has 0 bridgehead atoms. The van der Waals surface area contributed by atoms with E-state index >= 15 is 0 Å². The summed E-state index contributed by atoms with van der Waals surface area (Å²) < 4.78 is 16.3. The summed E-state index contributed by atoms with van der Waals surface area (Å²) in [6.45, 7) is 5.56. The highest BCUT2D eigenvalue weighted by Crippen LogP contribution is 2.16. The first-order valence-corrected chi connectivity index (χ1v) is 21.7. The SMILES string of the molecule is CCCCC/C=C\C/C=C\CCCCCCCCC(CCCCCCCCCCC/C=C\CCCCC)NS(=O)CCCN(C)C. The van der Waals surface area contributed by atoms with Crippen LogP contribution in [0.15, 0.2) is 36.5 Å². The third-order valence-electron chi connectivity index (χ3n) is 9.05. The van der Waals surface area contributed by atoms with E-state index in [2.05, 4.69) is 74.0 Å². The van der Waals surface area contributed by atoms with Crippen LogP contribution < -0.4 is 4.72 Å². The van der Waals surface area contributed by atoms with Crippen LogP contribution >= 0.6 is 0 Å². The van der Waals surface area contributed by atoms with Gasteiger partial charge in [0, 0.05) is 11.8 Å². The van der Waals surface area contributed by atoms with Gasteiger partial charge in [-0.25, -0.2) is 8.93 Å². The molecule has 0 aliphatic heterocycles. The molecular weight excluding hydrogens is 581 g/mol. The Kier molecular flexibility index (Phi) is 38.1. The van der Waals surface area contributed by atoms with E-state index in [0.29, 0.717) is 6.04 Å². The number of rotatable bonds is 37. The Balaban J connectivity index is 3.96. The minimum absolute atomic E-state index is 0.423. The highest BCUT2D eigenvalue weighted by molar-refractivity contribution is 7.83. The van der Waals surface area contributed by atoms with Crippen molar-refractivity contribution < 1.29 is 4.21 Å². The molecule has 0 saturated heterocycles. The molecule has 0 aromatic heterocycles. The van der Waals surface area contributed by atoms with Crippen LogP contribution in [0.3, 0.4) is 0 Å². The van der Waals surface area contributed by atoms with Crippen LogP contribution in [0.2, 0.25) is 0 Å². The van der Waals surface area contributed by atoms with Crippen molar-refractivity contribution in [2.45, 2.75) is 206 Å². The van der Waals surface area contributed by atoms with Crippen LogP contribution in [0.5, 0.6) is 0 Å². The van der Waals surface area contributed by atoms with Gasteiger partial charge >= 0.3 is 0 Å². The molecule has 3 nitrogen and oxygen atoms in total. The van der Waals surface area contributed by atoms with E-state index in [1.165, 1.54) is 173 Å². The molecule has 0 aliphatic rings. The summed E-state index contributed by atoms with van der Waals surface area (Å²) in [5, 5.41) is 0. The van der Waals surface area contributed by atoms with Gasteiger partial charge in [-0.15, -0.1) is 0 Å². The Labute approximate surface area is 292 Å². The van der Waals surface area contributed by atoms with Crippen molar-refractivity contribution in [3.8, 4) is 0 Å². The molecular formula is C42H82N2OS. The van der Waals surface area contributed by atoms with Gasteiger partial charge in [0.15, 0.2) is 0 Å². The summed E-state index contributed by atoms with van der Waals surface area (Å²) in [7, 11) is 3.30. The van der Waals surface area contributed by atoms with E-state index in [4.69, 9.17) is 0 Å². The number of nitrogens with one attached hydrogen (secondary N) is 1. The number of hydrogen-bond donors (Lipinski definition) is 1. The monoisotopic (exact) mass is 663 g/mol. The fourth-order valence-electron chi connectivity index (χ4n) is 6.04. The molecule has 0 rings (SSSR count). The van der Waals surface area contributed by atoms with Crippen molar-refractivity contribution in [1.29, 1.82) is 0 Å². The molecule has 0 amide bonds. The lowest BCUT2D eigenvalue weighted by Crippen LogP contribution is -2.33. The van der Waals surface area contributed by atoms with Crippen LogP contribution in [0.1, 0.15) is 200 Å². The zero-order valence-corrected chi connectivity index (χ0v) is 32.5. The normalized spacial score (nSPS) is 13.7. The van der Waals surface area contributed by atoms with Gasteiger partial charge in [-0.05, 0) is 97.7 Å². The molecule has 2 unspecified atom stereocenters. The first-order valence-electron chi connectivity index (χ1n) is 20.3. The quantitative estimate of drug-likeness (QED) is 0.0530. The average Bonchev–Trinajstić information content (AvgIpc) is 3.04. The lowest BCUT2D eigenvalue weighted by atomic mass is 10.0. The Hall–Kier alpha value is -0.710. The Morgan fingerprint density at radius 2 is 0.870 bits per heavy atom. The van der Waals surface area contributed by atoms with Crippen LogP contribution in [0.25, 0.3) is 0 Å². The van der Waals surface area contributed by atoms with E-state index in [9.17, 15) is 4.21 Å². The number of hydrogen-bond acceptors (Lipinski definition) is 2. The third kappa shape index (κ3) is 37.7. The fourth-order valence-corrected chi connectivity index (χ4v) is 7.15.